The smallest absolute Gasteiger partial charge is 0.297 e. The molecule has 0 radical (unpaired) electrons. The molecule has 2 aromatic heterocycles. The fourth-order valence-corrected chi connectivity index (χ4v) is 5.90. The third-order valence-corrected chi connectivity index (χ3v) is 8.10. The maximum Gasteiger partial charge on any atom is 0.297 e. The number of benzene rings is 2. The second-order valence-electron chi connectivity index (χ2n) is 9.34. The van der Waals surface area contributed by atoms with E-state index in [4.69, 9.17) is 20.8 Å². The Morgan fingerprint density at radius 1 is 1.13 bits per heavy atom. The van der Waals surface area contributed by atoms with Gasteiger partial charge in [-0.1, -0.05) is 61.3 Å². The van der Waals surface area contributed by atoms with E-state index in [1.165, 1.54) is 18.2 Å². The van der Waals surface area contributed by atoms with Crippen LogP contribution in [0.15, 0.2) is 51.7 Å². The van der Waals surface area contributed by atoms with Crippen molar-refractivity contribution < 1.29 is 18.7 Å². The topological polar surface area (TPSA) is 89.7 Å². The number of unbranched alkanes of at least 4 members (excludes halogenated alkanes) is 3. The van der Waals surface area contributed by atoms with Gasteiger partial charge in [0.2, 0.25) is 5.76 Å². The van der Waals surface area contributed by atoms with Gasteiger partial charge in [-0.25, -0.2) is 4.98 Å². The minimum absolute atomic E-state index is 0.0386. The van der Waals surface area contributed by atoms with Crippen LogP contribution in [0.3, 0.4) is 0 Å². The summed E-state index contributed by atoms with van der Waals surface area (Å²) in [6.07, 6.45) is 4.44. The van der Waals surface area contributed by atoms with Crippen LogP contribution < -0.4 is 15.1 Å². The van der Waals surface area contributed by atoms with E-state index < -0.39 is 11.9 Å². The van der Waals surface area contributed by atoms with Crippen molar-refractivity contribution in [2.45, 2.75) is 52.5 Å². The summed E-state index contributed by atoms with van der Waals surface area (Å²) in [5.41, 5.74) is 1.39. The van der Waals surface area contributed by atoms with Gasteiger partial charge in [-0.3, -0.25) is 19.3 Å². The molecular weight excluding hydrogens is 524 g/mol. The van der Waals surface area contributed by atoms with E-state index >= 15 is 0 Å². The second kappa shape index (κ2) is 10.7. The van der Waals surface area contributed by atoms with Gasteiger partial charge in [-0.2, -0.15) is 0 Å². The lowest BCUT2D eigenvalue weighted by Crippen LogP contribution is -2.29. The van der Waals surface area contributed by atoms with Crippen LogP contribution in [-0.2, 0) is 0 Å². The average molecular weight is 551 g/mol. The van der Waals surface area contributed by atoms with Gasteiger partial charge < -0.3 is 9.15 Å². The van der Waals surface area contributed by atoms with Crippen LogP contribution in [0, 0.1) is 6.92 Å². The first-order valence-corrected chi connectivity index (χ1v) is 13.8. The number of carbonyl (C=O) groups is 2. The molecule has 3 heterocycles. The largest absolute Gasteiger partial charge is 0.494 e. The Morgan fingerprint density at radius 3 is 2.58 bits per heavy atom. The third kappa shape index (κ3) is 4.74. The molecule has 1 aliphatic rings. The van der Waals surface area contributed by atoms with E-state index in [-0.39, 0.29) is 28.1 Å². The highest BCUT2D eigenvalue weighted by molar-refractivity contribution is 7.17. The predicted molar refractivity (Wildman–Crippen MR) is 149 cm³/mol. The second-order valence-corrected chi connectivity index (χ2v) is 10.8. The highest BCUT2D eigenvalue weighted by atomic mass is 35.5. The fraction of sp³-hybridized carbons (Fsp3) is 0.310. The van der Waals surface area contributed by atoms with Crippen LogP contribution in [0.25, 0.3) is 11.0 Å². The Hall–Kier alpha value is -3.49. The Morgan fingerprint density at radius 2 is 1.89 bits per heavy atom. The first-order chi connectivity index (χ1) is 18.3. The SMILES string of the molecule is CCCCCCOc1ccc(C2c3c(oc4ccc(Cl)cc4c3=O)C(=O)N2c2nc(C)c(C(C)=O)s2)cc1. The number of ether oxygens (including phenoxy) is 1. The summed E-state index contributed by atoms with van der Waals surface area (Å²) in [5.74, 6) is 0.0481. The molecule has 0 saturated heterocycles. The molecule has 0 fully saturated rings. The van der Waals surface area contributed by atoms with Crippen LogP contribution >= 0.6 is 22.9 Å². The molecule has 196 valence electrons. The van der Waals surface area contributed by atoms with Crippen LogP contribution in [-0.4, -0.2) is 23.3 Å². The van der Waals surface area contributed by atoms with Gasteiger partial charge >= 0.3 is 0 Å². The minimum Gasteiger partial charge on any atom is -0.494 e. The van der Waals surface area contributed by atoms with Gasteiger partial charge in [0.05, 0.1) is 34.2 Å². The highest BCUT2D eigenvalue weighted by Gasteiger charge is 2.45. The van der Waals surface area contributed by atoms with Gasteiger partial charge in [-0.05, 0) is 49.2 Å². The number of nitrogens with zero attached hydrogens (tertiary/aromatic N) is 2. The summed E-state index contributed by atoms with van der Waals surface area (Å²) in [4.78, 5) is 46.1. The number of rotatable bonds is 9. The van der Waals surface area contributed by atoms with E-state index in [1.807, 2.05) is 24.3 Å². The number of halogens is 1. The number of ketones is 1. The third-order valence-electron chi connectivity index (χ3n) is 6.61. The molecule has 0 spiro atoms. The molecule has 1 atom stereocenters. The van der Waals surface area contributed by atoms with Gasteiger partial charge in [-0.15, -0.1) is 0 Å². The summed E-state index contributed by atoms with van der Waals surface area (Å²) in [6.45, 7) is 5.98. The van der Waals surface area contributed by atoms with Crippen molar-refractivity contribution in [3.63, 3.8) is 0 Å². The van der Waals surface area contributed by atoms with E-state index in [2.05, 4.69) is 11.9 Å². The minimum atomic E-state index is -0.791. The normalized spacial score (nSPS) is 14.8. The molecule has 1 unspecified atom stereocenters. The molecule has 0 bridgehead atoms. The number of anilines is 1. The molecule has 1 aliphatic heterocycles. The highest BCUT2D eigenvalue weighted by Crippen LogP contribution is 2.43. The van der Waals surface area contributed by atoms with Gasteiger partial charge in [0.15, 0.2) is 16.3 Å². The van der Waals surface area contributed by atoms with Crippen molar-refractivity contribution in [3.05, 3.63) is 85.2 Å². The monoisotopic (exact) mass is 550 g/mol. The Labute approximate surface area is 229 Å². The molecule has 5 rings (SSSR count). The molecule has 1 amide bonds. The summed E-state index contributed by atoms with van der Waals surface area (Å²) < 4.78 is 11.9. The summed E-state index contributed by atoms with van der Waals surface area (Å²) in [6, 6.07) is 11.3. The van der Waals surface area contributed by atoms with Crippen molar-refractivity contribution in [1.82, 2.24) is 4.98 Å². The first-order valence-electron chi connectivity index (χ1n) is 12.6. The molecule has 38 heavy (non-hydrogen) atoms. The molecule has 9 heteroatoms. The number of hydrogen-bond donors (Lipinski definition) is 0. The number of fused-ring (bicyclic) bond motifs is 2. The van der Waals surface area contributed by atoms with Crippen molar-refractivity contribution in [3.8, 4) is 5.75 Å². The number of amides is 1. The summed E-state index contributed by atoms with van der Waals surface area (Å²) >= 11 is 7.30. The molecule has 0 aliphatic carbocycles. The molecule has 7 nitrogen and oxygen atoms in total. The van der Waals surface area contributed by atoms with Crippen molar-refractivity contribution in [1.29, 1.82) is 0 Å². The van der Waals surface area contributed by atoms with E-state index in [9.17, 15) is 14.4 Å². The van der Waals surface area contributed by atoms with Crippen LogP contribution in [0.5, 0.6) is 5.75 Å². The molecular formula is C29H27ClN2O5S. The summed E-state index contributed by atoms with van der Waals surface area (Å²) in [7, 11) is 0. The first kappa shape index (κ1) is 26.1. The number of aryl methyl sites for hydroxylation is 1. The zero-order chi connectivity index (χ0) is 27.0. The zero-order valence-corrected chi connectivity index (χ0v) is 22.9. The Balaban J connectivity index is 1.60. The molecule has 2 aromatic carbocycles. The number of aromatic nitrogens is 1. The van der Waals surface area contributed by atoms with Gasteiger partial charge in [0.1, 0.15) is 11.3 Å². The van der Waals surface area contributed by atoms with Crippen LogP contribution in [0.4, 0.5) is 5.13 Å². The number of carbonyl (C=O) groups excluding carboxylic acids is 2. The zero-order valence-electron chi connectivity index (χ0n) is 21.4. The van der Waals surface area contributed by atoms with Gasteiger partial charge in [0.25, 0.3) is 5.91 Å². The number of Topliss-reactive ketones (excluding diaryl/α,β-unsaturated/α-hetero) is 1. The number of hydrogen-bond acceptors (Lipinski definition) is 7. The molecule has 0 saturated carbocycles. The lowest BCUT2D eigenvalue weighted by Gasteiger charge is -2.22. The van der Waals surface area contributed by atoms with E-state index in [0.717, 1.165) is 30.6 Å². The maximum atomic E-state index is 13.8. The van der Waals surface area contributed by atoms with Crippen molar-refractivity contribution in [2.75, 3.05) is 11.5 Å². The van der Waals surface area contributed by atoms with E-state index in [0.29, 0.717) is 44.0 Å². The van der Waals surface area contributed by atoms with Crippen LogP contribution in [0.2, 0.25) is 5.02 Å². The lowest BCUT2D eigenvalue weighted by molar-refractivity contribution is 0.0969. The van der Waals surface area contributed by atoms with Gasteiger partial charge in [0, 0.05) is 11.9 Å². The summed E-state index contributed by atoms with van der Waals surface area (Å²) in [5, 5.41) is 1.01. The molecule has 4 aromatic rings. The Bertz CT molecular complexity index is 1590. The lowest BCUT2D eigenvalue weighted by atomic mass is 9.98. The fourth-order valence-electron chi connectivity index (χ4n) is 4.73. The van der Waals surface area contributed by atoms with Crippen molar-refractivity contribution >= 4 is 50.7 Å². The van der Waals surface area contributed by atoms with E-state index in [1.54, 1.807) is 25.1 Å². The van der Waals surface area contributed by atoms with Crippen LogP contribution in [0.1, 0.15) is 82.6 Å². The predicted octanol–water partition coefficient (Wildman–Crippen LogP) is 7.12. The maximum absolute atomic E-state index is 13.8. The average Bonchev–Trinajstić information content (AvgIpc) is 3.42. The Kier molecular flexibility index (Phi) is 7.36. The standard InChI is InChI=1S/C29H27ClN2O5S/c1-4-5-6-7-14-36-20-11-8-18(9-12-20)24-23-25(34)21-15-19(30)10-13-22(21)37-26(23)28(35)32(24)29-31-16(2)27(38-29)17(3)33/h8-13,15,24H,4-7,14H2,1-3H3. The molecule has 0 N–H and O–H groups in total. The quantitative estimate of drug-likeness (QED) is 0.163. The van der Waals surface area contributed by atoms with Crippen molar-refractivity contribution in [2.24, 2.45) is 0 Å². The number of thiazole rings is 1.